The largest absolute Gasteiger partial charge is 0.391 e. The fourth-order valence-corrected chi connectivity index (χ4v) is 4.07. The molecule has 9 nitrogen and oxygen atoms in total. The quantitative estimate of drug-likeness (QED) is 0.417. The van der Waals surface area contributed by atoms with E-state index in [0.717, 1.165) is 11.1 Å². The molecule has 1 saturated heterocycles. The maximum Gasteiger partial charge on any atom is 0.391 e. The first-order valence-corrected chi connectivity index (χ1v) is 10.9. The molecule has 2 atom stereocenters. The Morgan fingerprint density at radius 1 is 1.12 bits per heavy atom. The molecule has 1 aliphatic heterocycles. The van der Waals surface area contributed by atoms with E-state index < -0.39 is 24.4 Å². The molecule has 1 aliphatic rings. The van der Waals surface area contributed by atoms with E-state index in [1.54, 1.807) is 40.1 Å². The molecule has 5 heterocycles. The summed E-state index contributed by atoms with van der Waals surface area (Å²) < 4.78 is 54.7. The van der Waals surface area contributed by atoms with Gasteiger partial charge in [0.2, 0.25) is 0 Å². The minimum atomic E-state index is -4.27. The van der Waals surface area contributed by atoms with Gasteiger partial charge in [0.15, 0.2) is 5.79 Å². The van der Waals surface area contributed by atoms with Gasteiger partial charge >= 0.3 is 6.18 Å². The molecular formula is C22H24F3N7O2. The van der Waals surface area contributed by atoms with Crippen LogP contribution < -0.4 is 0 Å². The van der Waals surface area contributed by atoms with Crippen molar-refractivity contribution < 1.29 is 22.6 Å². The van der Waals surface area contributed by atoms with Crippen LogP contribution in [0.4, 0.5) is 13.2 Å². The van der Waals surface area contributed by atoms with Crippen LogP contribution in [0, 0.1) is 0 Å². The highest BCUT2D eigenvalue weighted by Gasteiger charge is 2.33. The van der Waals surface area contributed by atoms with Gasteiger partial charge in [-0.2, -0.15) is 28.5 Å². The van der Waals surface area contributed by atoms with Crippen molar-refractivity contribution in [3.63, 3.8) is 0 Å². The maximum atomic E-state index is 12.8. The van der Waals surface area contributed by atoms with E-state index in [1.165, 1.54) is 17.8 Å². The Bertz CT molecular complexity index is 1310. The third kappa shape index (κ3) is 4.68. The molecule has 1 fully saturated rings. The van der Waals surface area contributed by atoms with E-state index in [0.29, 0.717) is 30.1 Å². The molecule has 0 bridgehead atoms. The molecule has 180 valence electrons. The van der Waals surface area contributed by atoms with Gasteiger partial charge in [-0.15, -0.1) is 0 Å². The van der Waals surface area contributed by atoms with Gasteiger partial charge in [-0.1, -0.05) is 0 Å². The Labute approximate surface area is 193 Å². The van der Waals surface area contributed by atoms with Crippen molar-refractivity contribution in [1.29, 1.82) is 0 Å². The highest BCUT2D eigenvalue weighted by atomic mass is 19.4. The highest BCUT2D eigenvalue weighted by molar-refractivity contribution is 5.78. The van der Waals surface area contributed by atoms with Gasteiger partial charge < -0.3 is 9.47 Å². The Morgan fingerprint density at radius 2 is 1.91 bits per heavy atom. The molecule has 0 aliphatic carbocycles. The highest BCUT2D eigenvalue weighted by Crippen LogP contribution is 2.30. The van der Waals surface area contributed by atoms with Crippen LogP contribution in [0.1, 0.15) is 33.2 Å². The van der Waals surface area contributed by atoms with Crippen molar-refractivity contribution in [1.82, 2.24) is 34.2 Å². The second-order valence-electron chi connectivity index (χ2n) is 8.91. The lowest BCUT2D eigenvalue weighted by Crippen LogP contribution is -2.24. The number of fused-ring (bicyclic) bond motifs is 1. The summed E-state index contributed by atoms with van der Waals surface area (Å²) in [5.41, 5.74) is 3.29. The average Bonchev–Trinajstić information content (AvgIpc) is 3.53. The molecular weight excluding hydrogens is 451 g/mol. The van der Waals surface area contributed by atoms with E-state index in [2.05, 4.69) is 15.3 Å². The molecule has 12 heteroatoms. The fourth-order valence-electron chi connectivity index (χ4n) is 4.07. The zero-order chi connectivity index (χ0) is 24.1. The molecule has 0 spiro atoms. The van der Waals surface area contributed by atoms with Crippen LogP contribution in [-0.4, -0.2) is 58.8 Å². The molecule has 0 saturated carbocycles. The Balaban J connectivity index is 1.43. The molecule has 0 amide bonds. The molecule has 34 heavy (non-hydrogen) atoms. The smallest absolute Gasteiger partial charge is 0.348 e. The van der Waals surface area contributed by atoms with Gasteiger partial charge in [0.1, 0.15) is 6.10 Å². The van der Waals surface area contributed by atoms with E-state index in [4.69, 9.17) is 14.5 Å². The van der Waals surface area contributed by atoms with Crippen LogP contribution >= 0.6 is 0 Å². The van der Waals surface area contributed by atoms with Gasteiger partial charge in [-0.05, 0) is 26.8 Å². The first-order valence-electron chi connectivity index (χ1n) is 10.9. The predicted molar refractivity (Wildman–Crippen MR) is 116 cm³/mol. The van der Waals surface area contributed by atoms with Crippen molar-refractivity contribution >= 4 is 5.52 Å². The summed E-state index contributed by atoms with van der Waals surface area (Å²) in [6.07, 6.45) is 4.77. The van der Waals surface area contributed by atoms with Crippen LogP contribution in [0.25, 0.3) is 28.0 Å². The normalized spacial score (nSPS) is 19.2. The summed E-state index contributed by atoms with van der Waals surface area (Å²) in [6, 6.07) is 0.966. The fraction of sp³-hybridized carbons (Fsp3) is 0.455. The van der Waals surface area contributed by atoms with Gasteiger partial charge in [-0.3, -0.25) is 9.36 Å². The Morgan fingerprint density at radius 3 is 2.65 bits per heavy atom. The minimum absolute atomic E-state index is 0.107. The number of ether oxygens (including phenoxy) is 2. The topological polar surface area (TPSA) is 84.3 Å². The average molecular weight is 475 g/mol. The number of aromatic nitrogens is 7. The van der Waals surface area contributed by atoms with Gasteiger partial charge in [0, 0.05) is 23.5 Å². The van der Waals surface area contributed by atoms with Crippen molar-refractivity contribution in [3.05, 3.63) is 43.2 Å². The van der Waals surface area contributed by atoms with E-state index in [-0.39, 0.29) is 6.10 Å². The number of hydrogen-bond acceptors (Lipinski definition) is 6. The first kappa shape index (κ1) is 22.5. The molecule has 0 radical (unpaired) electrons. The van der Waals surface area contributed by atoms with Gasteiger partial charge in [0.05, 0.1) is 67.3 Å². The van der Waals surface area contributed by atoms with Crippen LogP contribution in [0.5, 0.6) is 0 Å². The van der Waals surface area contributed by atoms with Crippen LogP contribution in [0.3, 0.4) is 0 Å². The first-order chi connectivity index (χ1) is 16.1. The number of halogens is 3. The van der Waals surface area contributed by atoms with E-state index in [1.807, 2.05) is 20.0 Å². The predicted octanol–water partition coefficient (Wildman–Crippen LogP) is 4.12. The summed E-state index contributed by atoms with van der Waals surface area (Å²) in [5, 5.41) is 12.9. The van der Waals surface area contributed by atoms with Crippen molar-refractivity contribution in [2.75, 3.05) is 6.61 Å². The van der Waals surface area contributed by atoms with E-state index >= 15 is 0 Å². The Kier molecular flexibility index (Phi) is 5.44. The molecule has 4 aromatic heterocycles. The second kappa shape index (κ2) is 8.20. The summed E-state index contributed by atoms with van der Waals surface area (Å²) in [5.74, 6) is -0.607. The van der Waals surface area contributed by atoms with Gasteiger partial charge in [0.25, 0.3) is 0 Å². The number of hydrogen-bond donors (Lipinski definition) is 0. The number of rotatable bonds is 6. The SMILES string of the molecule is C[C@@H](CC(F)(F)F)n1cc(-c2nc(-c3cnn(C[C@@H]4COC(C)(C)O4)c3)cn3nccc23)cn1. The zero-order valence-corrected chi connectivity index (χ0v) is 18.9. The van der Waals surface area contributed by atoms with Gasteiger partial charge in [-0.25, -0.2) is 9.50 Å². The lowest BCUT2D eigenvalue weighted by molar-refractivity contribution is -0.142. The summed E-state index contributed by atoms with van der Waals surface area (Å²) in [4.78, 5) is 4.78. The molecule has 0 aromatic carbocycles. The standard InChI is InChI=1S/C22H24F3N7O2/c1-14(6-22(23,24)25)31-10-16(8-28-31)20-19-4-5-26-32(19)12-18(29-20)15-7-27-30(9-15)11-17-13-33-21(2,3)34-17/h4-5,7-10,12,14,17H,6,11,13H2,1-3H3/t14-,17+/m0/s1. The number of nitrogens with zero attached hydrogens (tertiary/aromatic N) is 7. The minimum Gasteiger partial charge on any atom is -0.348 e. The monoisotopic (exact) mass is 475 g/mol. The van der Waals surface area contributed by atoms with Crippen LogP contribution in [-0.2, 0) is 16.0 Å². The van der Waals surface area contributed by atoms with Crippen LogP contribution in [0.15, 0.2) is 43.2 Å². The van der Waals surface area contributed by atoms with Crippen molar-refractivity contribution in [2.24, 2.45) is 0 Å². The lowest BCUT2D eigenvalue weighted by Gasteiger charge is -2.16. The lowest BCUT2D eigenvalue weighted by atomic mass is 10.2. The molecule has 0 unspecified atom stereocenters. The molecule has 0 N–H and O–H groups in total. The summed E-state index contributed by atoms with van der Waals surface area (Å²) in [6.45, 7) is 6.25. The molecule has 4 aromatic rings. The molecule has 5 rings (SSSR count). The Hall–Kier alpha value is -3.25. The summed E-state index contributed by atoms with van der Waals surface area (Å²) in [7, 11) is 0. The second-order valence-corrected chi connectivity index (χ2v) is 8.91. The third-order valence-corrected chi connectivity index (χ3v) is 5.63. The van der Waals surface area contributed by atoms with Crippen molar-refractivity contribution in [3.8, 4) is 22.5 Å². The maximum absolute atomic E-state index is 12.8. The number of alkyl halides is 3. The summed E-state index contributed by atoms with van der Waals surface area (Å²) >= 11 is 0. The zero-order valence-electron chi connectivity index (χ0n) is 18.9. The third-order valence-electron chi connectivity index (χ3n) is 5.63. The van der Waals surface area contributed by atoms with Crippen LogP contribution in [0.2, 0.25) is 0 Å². The van der Waals surface area contributed by atoms with Crippen molar-refractivity contribution in [2.45, 2.75) is 57.8 Å². The van der Waals surface area contributed by atoms with E-state index in [9.17, 15) is 13.2 Å².